The molecule has 0 saturated carbocycles. The molecule has 3 aliphatic rings. The number of urea groups is 1. The number of carbonyl (C=O) groups is 8. The lowest BCUT2D eigenvalue weighted by atomic mass is 9.83. The normalized spacial score (nSPS) is 26.3. The monoisotopic (exact) mass is 1010 g/mol. The highest BCUT2D eigenvalue weighted by Gasteiger charge is 2.64. The molecule has 3 unspecified atom stereocenters. The first-order chi connectivity index (χ1) is 33.5. The van der Waals surface area contributed by atoms with E-state index >= 15 is 0 Å². The number of likely N-dealkylation sites (N-methyl/N-ethyl adjacent to an activating group) is 1. The molecule has 0 aromatic heterocycles. The number of rotatable bonds is 16. The molecule has 4 bridgehead atoms. The fourth-order valence-electron chi connectivity index (χ4n) is 8.47. The van der Waals surface area contributed by atoms with Gasteiger partial charge in [-0.05, 0) is 82.0 Å². The Balaban J connectivity index is 1.38. The quantitative estimate of drug-likeness (QED) is 0.0551. The van der Waals surface area contributed by atoms with E-state index in [-0.39, 0.29) is 48.6 Å². The zero-order valence-corrected chi connectivity index (χ0v) is 41.6. The number of nitrogens with two attached hydrogens (primary N) is 1. The molecule has 0 spiro atoms. The molecule has 2 fully saturated rings. The molecule has 71 heavy (non-hydrogen) atoms. The number of carbonyl (C=O) groups excluding carboxylic acids is 8. The minimum Gasteiger partial charge on any atom is -0.495 e. The number of alkyl carbamates (subject to hydrolysis) is 1. The van der Waals surface area contributed by atoms with Crippen LogP contribution in [0.5, 0.6) is 5.75 Å². The number of hydrogen-bond donors (Lipinski definition) is 7. The number of halogens is 1. The van der Waals surface area contributed by atoms with E-state index in [4.69, 9.17) is 41.0 Å². The third-order valence-corrected chi connectivity index (χ3v) is 13.2. The predicted molar refractivity (Wildman–Crippen MR) is 258 cm³/mol. The van der Waals surface area contributed by atoms with Gasteiger partial charge in [0.2, 0.25) is 24.1 Å². The van der Waals surface area contributed by atoms with Crippen LogP contribution in [-0.4, -0.2) is 147 Å². The standard InChI is InChI=1S/C48H63ClN8O14/c1-26-11-9-13-36(68-8)48(66)23-35(69-46(65)55-48)27(2)41-47(4,71-41)37(22-39(60)57(6)33-20-29(19-26)21-34(67-7)40(33)49)70-44(63)28(3)56(5)43(62)30-14-16-31(17-15-30)53-42(61)32(12-10-18-52-45(50)64)54-38(59)24-51-25-58/h9,11,13-17,20-21,25,27-28,32,35-37,41,66H,10,12,18-19,22-24H2,1-8H3,(H,51,58)(H,53,61)(H,54,59)(H,55,65)(H3,50,52,64)/b13-9+,26-11+/t27-,28+,32?,35?,36-,37+,41?,47+,48+/m1/s1. The van der Waals surface area contributed by atoms with E-state index in [1.807, 2.05) is 13.0 Å². The van der Waals surface area contributed by atoms with Crippen LogP contribution >= 0.6 is 11.6 Å². The summed E-state index contributed by atoms with van der Waals surface area (Å²) in [5.41, 5.74) is 4.22. The van der Waals surface area contributed by atoms with Crippen molar-refractivity contribution in [3.05, 3.63) is 76.3 Å². The number of allylic oxidation sites excluding steroid dienone is 3. The van der Waals surface area contributed by atoms with Crippen molar-refractivity contribution in [1.82, 2.24) is 26.2 Å². The Labute approximate surface area is 416 Å². The average Bonchev–Trinajstić information content (AvgIpc) is 4.03. The highest BCUT2D eigenvalue weighted by molar-refractivity contribution is 6.35. The Morgan fingerprint density at radius 2 is 1.85 bits per heavy atom. The maximum atomic E-state index is 14.4. The van der Waals surface area contributed by atoms with Gasteiger partial charge in [0.15, 0.2) is 5.72 Å². The number of ether oxygens (including phenoxy) is 5. The summed E-state index contributed by atoms with van der Waals surface area (Å²) in [6, 6.07) is 6.20. The summed E-state index contributed by atoms with van der Waals surface area (Å²) in [4.78, 5) is 105. The maximum absolute atomic E-state index is 14.4. The third-order valence-electron chi connectivity index (χ3n) is 12.8. The number of benzene rings is 2. The lowest BCUT2D eigenvalue weighted by molar-refractivity contribution is -0.158. The number of fused-ring (bicyclic) bond motifs is 5. The topological polar surface area (TPSA) is 299 Å². The highest BCUT2D eigenvalue weighted by Crippen LogP contribution is 2.49. The largest absolute Gasteiger partial charge is 0.495 e. The zero-order valence-electron chi connectivity index (χ0n) is 40.9. The van der Waals surface area contributed by atoms with Crippen LogP contribution in [-0.2, 0) is 49.3 Å². The second-order valence-corrected chi connectivity index (χ2v) is 18.3. The van der Waals surface area contributed by atoms with Crippen LogP contribution in [0.2, 0.25) is 5.02 Å². The van der Waals surface area contributed by atoms with Crippen molar-refractivity contribution in [3.63, 3.8) is 0 Å². The summed E-state index contributed by atoms with van der Waals surface area (Å²) in [6.07, 6.45) is 0.875. The van der Waals surface area contributed by atoms with Crippen molar-refractivity contribution < 1.29 is 67.1 Å². The van der Waals surface area contributed by atoms with Gasteiger partial charge in [-0.15, -0.1) is 0 Å². The van der Waals surface area contributed by atoms with Crippen molar-refractivity contribution >= 4 is 71.1 Å². The summed E-state index contributed by atoms with van der Waals surface area (Å²) in [6.45, 7) is 6.51. The molecule has 386 valence electrons. The Morgan fingerprint density at radius 3 is 2.49 bits per heavy atom. The zero-order chi connectivity index (χ0) is 52.4. The molecule has 3 heterocycles. The van der Waals surface area contributed by atoms with E-state index in [1.165, 1.54) is 64.4 Å². The molecular formula is C48H63ClN8O14. The first-order valence-electron chi connectivity index (χ1n) is 22.8. The SMILES string of the molecule is COc1cc2cc(c1Cl)N(C)C(=O)C[C@H](OC(=O)[C@H](C)N(C)C(=O)c1ccc(NC(=O)C(CCCNC(N)=O)NC(=O)CNC=O)cc1)[C@]1(C)OC1[C@H](C)C1C[C@@](O)(NC(=O)O1)[C@H](OC)/C=C/C=C(\C)C2. The molecule has 2 aromatic rings. The fourth-order valence-corrected chi connectivity index (χ4v) is 8.79. The van der Waals surface area contributed by atoms with Crippen LogP contribution in [0.15, 0.2) is 60.2 Å². The van der Waals surface area contributed by atoms with Gasteiger partial charge in [0, 0.05) is 51.3 Å². The second-order valence-electron chi connectivity index (χ2n) is 17.9. The molecule has 8 amide bonds. The Hall–Kier alpha value is -6.75. The lowest BCUT2D eigenvalue weighted by Gasteiger charge is -2.42. The number of nitrogens with one attached hydrogen (secondary N) is 5. The van der Waals surface area contributed by atoms with Crippen molar-refractivity contribution in [2.24, 2.45) is 11.7 Å². The second kappa shape index (κ2) is 23.9. The summed E-state index contributed by atoms with van der Waals surface area (Å²) in [7, 11) is 5.78. The first kappa shape index (κ1) is 55.2. The number of amides is 8. The fraction of sp³-hybridized carbons (Fsp3) is 0.500. The van der Waals surface area contributed by atoms with Gasteiger partial charge >= 0.3 is 18.1 Å². The minimum atomic E-state index is -1.90. The number of nitrogens with zero attached hydrogens (tertiary/aromatic N) is 2. The molecule has 0 radical (unpaired) electrons. The van der Waals surface area contributed by atoms with Crippen molar-refractivity contribution in [3.8, 4) is 5.75 Å². The molecule has 5 rings (SSSR count). The van der Waals surface area contributed by atoms with Gasteiger partial charge in [0.1, 0.15) is 46.8 Å². The van der Waals surface area contributed by atoms with Crippen molar-refractivity contribution in [2.75, 3.05) is 51.6 Å². The number of epoxide rings is 1. The molecule has 23 heteroatoms. The average molecular weight is 1010 g/mol. The van der Waals surface area contributed by atoms with Crippen LogP contribution in [0.25, 0.3) is 0 Å². The number of aliphatic hydroxyl groups is 1. The van der Waals surface area contributed by atoms with Gasteiger partial charge < -0.3 is 65.6 Å². The van der Waals surface area contributed by atoms with Gasteiger partial charge in [-0.2, -0.15) is 0 Å². The molecular weight excluding hydrogens is 948 g/mol. The highest BCUT2D eigenvalue weighted by atomic mass is 35.5. The summed E-state index contributed by atoms with van der Waals surface area (Å²) >= 11 is 6.81. The number of primary amides is 1. The summed E-state index contributed by atoms with van der Waals surface area (Å²) in [5.74, 6) is -3.55. The van der Waals surface area contributed by atoms with E-state index in [1.54, 1.807) is 38.1 Å². The molecule has 0 aliphatic carbocycles. The molecule has 9 atom stereocenters. The van der Waals surface area contributed by atoms with Gasteiger partial charge in [0.25, 0.3) is 5.91 Å². The smallest absolute Gasteiger partial charge is 0.409 e. The Bertz CT molecular complexity index is 2400. The number of hydrogen-bond acceptors (Lipinski definition) is 14. The van der Waals surface area contributed by atoms with Crippen molar-refractivity contribution in [2.45, 2.75) is 108 Å². The molecule has 2 aromatic carbocycles. The van der Waals surface area contributed by atoms with Crippen molar-refractivity contribution in [1.29, 1.82) is 0 Å². The van der Waals surface area contributed by atoms with E-state index in [2.05, 4.69) is 26.6 Å². The number of anilines is 2. The summed E-state index contributed by atoms with van der Waals surface area (Å²) in [5, 5.41) is 24.3. The van der Waals surface area contributed by atoms with Gasteiger partial charge in [-0.3, -0.25) is 29.3 Å². The molecule has 3 aliphatic heterocycles. The van der Waals surface area contributed by atoms with Crippen LogP contribution in [0.4, 0.5) is 21.0 Å². The number of methoxy groups -OCH3 is 2. The molecule has 2 saturated heterocycles. The van der Waals surface area contributed by atoms with Crippen LogP contribution < -0.4 is 42.0 Å². The van der Waals surface area contributed by atoms with Crippen LogP contribution in [0.3, 0.4) is 0 Å². The van der Waals surface area contributed by atoms with E-state index < -0.39 is 102 Å². The Kier molecular flexibility index (Phi) is 18.6. The molecule has 8 N–H and O–H groups in total. The van der Waals surface area contributed by atoms with Gasteiger partial charge in [0.05, 0.1) is 31.9 Å². The van der Waals surface area contributed by atoms with E-state index in [0.29, 0.717) is 24.3 Å². The summed E-state index contributed by atoms with van der Waals surface area (Å²) < 4.78 is 29.4. The first-order valence-corrected chi connectivity index (χ1v) is 23.2. The third kappa shape index (κ3) is 13.8. The predicted octanol–water partition coefficient (Wildman–Crippen LogP) is 2.45. The van der Waals surface area contributed by atoms with Gasteiger partial charge in [-0.25, -0.2) is 14.4 Å². The lowest BCUT2D eigenvalue weighted by Crippen LogP contribution is -2.63. The van der Waals surface area contributed by atoms with Gasteiger partial charge in [-0.1, -0.05) is 42.3 Å². The van der Waals surface area contributed by atoms with Crippen LogP contribution in [0, 0.1) is 5.92 Å². The van der Waals surface area contributed by atoms with E-state index in [0.717, 1.165) is 16.0 Å². The molecule has 22 nitrogen and oxygen atoms in total. The van der Waals surface area contributed by atoms with E-state index in [9.17, 15) is 43.5 Å². The minimum absolute atomic E-state index is 0.103. The Morgan fingerprint density at radius 1 is 1.14 bits per heavy atom. The van der Waals surface area contributed by atoms with Crippen LogP contribution in [0.1, 0.15) is 69.3 Å². The number of esters is 1. The maximum Gasteiger partial charge on any atom is 0.409 e.